The van der Waals surface area contributed by atoms with E-state index >= 15 is 0 Å². The molecule has 0 aliphatic carbocycles. The SMILES string of the molecule is CCOC(=O)c1c(N)c(=O)oc2ccc(OC(=O)c3ccccc3)cc12. The highest BCUT2D eigenvalue weighted by Crippen LogP contribution is 2.27. The van der Waals surface area contributed by atoms with Gasteiger partial charge in [-0.3, -0.25) is 0 Å². The Morgan fingerprint density at radius 2 is 1.81 bits per heavy atom. The number of rotatable bonds is 4. The summed E-state index contributed by atoms with van der Waals surface area (Å²) in [5.74, 6) is -1.15. The van der Waals surface area contributed by atoms with Crippen LogP contribution in [0.25, 0.3) is 11.0 Å². The maximum atomic E-state index is 12.2. The van der Waals surface area contributed by atoms with E-state index in [0.29, 0.717) is 5.56 Å². The van der Waals surface area contributed by atoms with Crippen LogP contribution in [0.4, 0.5) is 5.69 Å². The molecule has 0 atom stereocenters. The van der Waals surface area contributed by atoms with Crippen LogP contribution in [-0.4, -0.2) is 18.5 Å². The fourth-order valence-electron chi connectivity index (χ4n) is 2.42. The second kappa shape index (κ2) is 7.10. The second-order valence-electron chi connectivity index (χ2n) is 5.31. The Balaban J connectivity index is 2.06. The van der Waals surface area contributed by atoms with Crippen molar-refractivity contribution in [2.45, 2.75) is 6.92 Å². The highest BCUT2D eigenvalue weighted by Gasteiger charge is 2.21. The minimum absolute atomic E-state index is 0.114. The molecule has 132 valence electrons. The molecular weight excluding hydrogens is 338 g/mol. The molecule has 0 bridgehead atoms. The van der Waals surface area contributed by atoms with Crippen LogP contribution in [0, 0.1) is 0 Å². The molecular formula is C19H15NO6. The van der Waals surface area contributed by atoms with Crippen LogP contribution in [0.15, 0.2) is 57.7 Å². The number of nitrogens with two attached hydrogens (primary N) is 1. The minimum atomic E-state index is -0.838. The Bertz CT molecular complexity index is 1040. The van der Waals surface area contributed by atoms with Gasteiger partial charge in [0.2, 0.25) is 0 Å². The molecule has 0 fully saturated rings. The van der Waals surface area contributed by atoms with Crippen molar-refractivity contribution in [3.8, 4) is 5.75 Å². The maximum Gasteiger partial charge on any atom is 0.360 e. The van der Waals surface area contributed by atoms with Crippen LogP contribution >= 0.6 is 0 Å². The zero-order valence-corrected chi connectivity index (χ0v) is 13.9. The number of carbonyl (C=O) groups is 2. The topological polar surface area (TPSA) is 109 Å². The summed E-state index contributed by atoms with van der Waals surface area (Å²) >= 11 is 0. The number of carbonyl (C=O) groups excluding carboxylic acids is 2. The summed E-state index contributed by atoms with van der Waals surface area (Å²) in [5, 5.41) is 0.221. The third kappa shape index (κ3) is 3.27. The Hall–Kier alpha value is -3.61. The number of ether oxygens (including phenoxy) is 2. The van der Waals surface area contributed by atoms with E-state index in [1.54, 1.807) is 37.3 Å². The molecule has 26 heavy (non-hydrogen) atoms. The third-order valence-corrected chi connectivity index (χ3v) is 3.61. The molecule has 2 aromatic carbocycles. The van der Waals surface area contributed by atoms with Crippen molar-refractivity contribution >= 4 is 28.6 Å². The number of nitrogen functional groups attached to an aromatic ring is 1. The van der Waals surface area contributed by atoms with Crippen molar-refractivity contribution in [1.82, 2.24) is 0 Å². The maximum absolute atomic E-state index is 12.2. The average Bonchev–Trinajstić information content (AvgIpc) is 2.64. The first kappa shape index (κ1) is 17.2. The normalized spacial score (nSPS) is 10.5. The number of hydrogen-bond donors (Lipinski definition) is 1. The summed E-state index contributed by atoms with van der Waals surface area (Å²) < 4.78 is 15.4. The van der Waals surface area contributed by atoms with Gasteiger partial charge in [0.05, 0.1) is 12.2 Å². The monoisotopic (exact) mass is 353 g/mol. The van der Waals surface area contributed by atoms with Gasteiger partial charge in [0.25, 0.3) is 0 Å². The third-order valence-electron chi connectivity index (χ3n) is 3.61. The minimum Gasteiger partial charge on any atom is -0.462 e. The van der Waals surface area contributed by atoms with Gasteiger partial charge in [0.1, 0.15) is 22.6 Å². The van der Waals surface area contributed by atoms with Crippen LogP contribution in [-0.2, 0) is 4.74 Å². The van der Waals surface area contributed by atoms with Gasteiger partial charge in [0.15, 0.2) is 0 Å². The zero-order valence-electron chi connectivity index (χ0n) is 13.9. The van der Waals surface area contributed by atoms with E-state index in [-0.39, 0.29) is 34.6 Å². The largest absolute Gasteiger partial charge is 0.462 e. The van der Waals surface area contributed by atoms with Crippen LogP contribution < -0.4 is 16.1 Å². The van der Waals surface area contributed by atoms with Crippen molar-refractivity contribution in [3.63, 3.8) is 0 Å². The zero-order chi connectivity index (χ0) is 18.7. The summed E-state index contributed by atoms with van der Waals surface area (Å²) in [6, 6.07) is 12.7. The molecule has 3 aromatic rings. The molecule has 7 heteroatoms. The summed E-state index contributed by atoms with van der Waals surface area (Å²) in [5.41, 5.74) is 4.90. The van der Waals surface area contributed by atoms with E-state index in [1.807, 2.05) is 0 Å². The van der Waals surface area contributed by atoms with Crippen molar-refractivity contribution in [2.75, 3.05) is 12.3 Å². The molecule has 0 aliphatic heterocycles. The lowest BCUT2D eigenvalue weighted by atomic mass is 10.1. The number of anilines is 1. The van der Waals surface area contributed by atoms with Gasteiger partial charge in [-0.1, -0.05) is 18.2 Å². The molecule has 0 radical (unpaired) electrons. The molecule has 0 aliphatic rings. The standard InChI is InChI=1S/C19H15NO6/c1-2-24-18(22)15-13-10-12(8-9-14(13)26-19(23)16(15)20)25-17(21)11-6-4-3-5-7-11/h3-10H,2,20H2,1H3. The predicted molar refractivity (Wildman–Crippen MR) is 94.3 cm³/mol. The highest BCUT2D eigenvalue weighted by molar-refractivity contribution is 6.07. The lowest BCUT2D eigenvalue weighted by Gasteiger charge is -2.09. The fourth-order valence-corrected chi connectivity index (χ4v) is 2.42. The van der Waals surface area contributed by atoms with Crippen molar-refractivity contribution in [3.05, 3.63) is 70.1 Å². The smallest absolute Gasteiger partial charge is 0.360 e. The van der Waals surface area contributed by atoms with Gasteiger partial charge in [-0.05, 0) is 37.3 Å². The number of benzene rings is 2. The van der Waals surface area contributed by atoms with E-state index in [0.717, 1.165) is 0 Å². The molecule has 7 nitrogen and oxygen atoms in total. The van der Waals surface area contributed by atoms with Gasteiger partial charge in [-0.2, -0.15) is 0 Å². The lowest BCUT2D eigenvalue weighted by Crippen LogP contribution is -2.16. The highest BCUT2D eigenvalue weighted by atomic mass is 16.5. The second-order valence-corrected chi connectivity index (χ2v) is 5.31. The lowest BCUT2D eigenvalue weighted by molar-refractivity contribution is 0.0529. The van der Waals surface area contributed by atoms with Gasteiger partial charge in [-0.25, -0.2) is 14.4 Å². The van der Waals surface area contributed by atoms with Crippen molar-refractivity contribution < 1.29 is 23.5 Å². The Morgan fingerprint density at radius 1 is 1.08 bits per heavy atom. The first-order valence-corrected chi connectivity index (χ1v) is 7.82. The number of esters is 2. The van der Waals surface area contributed by atoms with E-state index in [2.05, 4.69) is 0 Å². The quantitative estimate of drug-likeness (QED) is 0.436. The molecule has 0 amide bonds. The summed E-state index contributed by atoms with van der Waals surface area (Å²) in [7, 11) is 0. The van der Waals surface area contributed by atoms with Gasteiger partial charge in [-0.15, -0.1) is 0 Å². The molecule has 0 unspecified atom stereocenters. The molecule has 0 spiro atoms. The summed E-state index contributed by atoms with van der Waals surface area (Å²) in [6.45, 7) is 1.75. The van der Waals surface area contributed by atoms with Gasteiger partial charge in [0, 0.05) is 5.39 Å². The number of fused-ring (bicyclic) bond motifs is 1. The first-order chi connectivity index (χ1) is 12.5. The van der Waals surface area contributed by atoms with Crippen LogP contribution in [0.1, 0.15) is 27.6 Å². The van der Waals surface area contributed by atoms with E-state index in [1.165, 1.54) is 18.2 Å². The van der Waals surface area contributed by atoms with Crippen molar-refractivity contribution in [1.29, 1.82) is 0 Å². The number of hydrogen-bond acceptors (Lipinski definition) is 7. The Kier molecular flexibility index (Phi) is 4.70. The molecule has 3 rings (SSSR count). The van der Waals surface area contributed by atoms with Crippen LogP contribution in [0.2, 0.25) is 0 Å². The molecule has 1 aromatic heterocycles. The van der Waals surface area contributed by atoms with E-state index < -0.39 is 17.6 Å². The van der Waals surface area contributed by atoms with Crippen LogP contribution in [0.3, 0.4) is 0 Å². The molecule has 1 heterocycles. The van der Waals surface area contributed by atoms with Crippen molar-refractivity contribution in [2.24, 2.45) is 0 Å². The van der Waals surface area contributed by atoms with E-state index in [9.17, 15) is 14.4 Å². The Morgan fingerprint density at radius 3 is 2.50 bits per heavy atom. The Labute approximate surface area is 147 Å². The van der Waals surface area contributed by atoms with Crippen LogP contribution in [0.5, 0.6) is 5.75 Å². The molecule has 2 N–H and O–H groups in total. The summed E-state index contributed by atoms with van der Waals surface area (Å²) in [4.78, 5) is 36.2. The predicted octanol–water partition coefficient (Wildman–Crippen LogP) is 2.77. The van der Waals surface area contributed by atoms with Gasteiger partial charge < -0.3 is 19.6 Å². The molecule has 0 saturated heterocycles. The van der Waals surface area contributed by atoms with E-state index in [4.69, 9.17) is 19.6 Å². The summed E-state index contributed by atoms with van der Waals surface area (Å²) in [6.07, 6.45) is 0. The first-order valence-electron chi connectivity index (χ1n) is 7.82. The fraction of sp³-hybridized carbons (Fsp3) is 0.105. The average molecular weight is 353 g/mol. The van der Waals surface area contributed by atoms with Gasteiger partial charge >= 0.3 is 17.6 Å². The molecule has 0 saturated carbocycles.